The monoisotopic (exact) mass is 330 g/mol. The van der Waals surface area contributed by atoms with Gasteiger partial charge in [-0.25, -0.2) is 0 Å². The molecule has 1 aromatic carbocycles. The SMILES string of the molecule is CNC(c1ccc(Br)cn1)c1cc2cccc(C)c2o1. The zero-order chi connectivity index (χ0) is 14.1. The average Bonchev–Trinajstić information content (AvgIpc) is 2.87. The third kappa shape index (κ3) is 2.37. The van der Waals surface area contributed by atoms with Crippen LogP contribution in [0.2, 0.25) is 0 Å². The highest BCUT2D eigenvalue weighted by atomic mass is 79.9. The Morgan fingerprint density at radius 2 is 2.10 bits per heavy atom. The van der Waals surface area contributed by atoms with Crippen molar-refractivity contribution in [2.24, 2.45) is 0 Å². The molecule has 102 valence electrons. The van der Waals surface area contributed by atoms with E-state index in [2.05, 4.69) is 51.4 Å². The number of pyridine rings is 1. The number of hydrogen-bond donors (Lipinski definition) is 1. The number of fused-ring (bicyclic) bond motifs is 1. The lowest BCUT2D eigenvalue weighted by Crippen LogP contribution is -2.18. The molecule has 0 spiro atoms. The van der Waals surface area contributed by atoms with E-state index in [1.54, 1.807) is 6.20 Å². The molecular weight excluding hydrogens is 316 g/mol. The van der Waals surface area contributed by atoms with Gasteiger partial charge in [0.2, 0.25) is 0 Å². The topological polar surface area (TPSA) is 38.1 Å². The molecule has 2 aromatic heterocycles. The van der Waals surface area contributed by atoms with Gasteiger partial charge in [0.05, 0.1) is 5.69 Å². The lowest BCUT2D eigenvalue weighted by Gasteiger charge is -2.12. The molecule has 0 saturated heterocycles. The average molecular weight is 331 g/mol. The van der Waals surface area contributed by atoms with Gasteiger partial charge in [-0.3, -0.25) is 4.98 Å². The van der Waals surface area contributed by atoms with E-state index in [0.717, 1.165) is 32.5 Å². The number of hydrogen-bond acceptors (Lipinski definition) is 3. The molecule has 0 saturated carbocycles. The lowest BCUT2D eigenvalue weighted by molar-refractivity contribution is 0.485. The largest absolute Gasteiger partial charge is 0.459 e. The Labute approximate surface area is 126 Å². The highest BCUT2D eigenvalue weighted by Crippen LogP contribution is 2.29. The van der Waals surface area contributed by atoms with Crippen LogP contribution in [0.4, 0.5) is 0 Å². The van der Waals surface area contributed by atoms with Gasteiger partial charge in [-0.2, -0.15) is 0 Å². The molecule has 3 rings (SSSR count). The minimum Gasteiger partial charge on any atom is -0.459 e. The number of para-hydroxylation sites is 1. The third-order valence-electron chi connectivity index (χ3n) is 3.38. The Morgan fingerprint density at radius 3 is 2.75 bits per heavy atom. The summed E-state index contributed by atoms with van der Waals surface area (Å²) in [5.74, 6) is 0.881. The van der Waals surface area contributed by atoms with Gasteiger partial charge in [-0.15, -0.1) is 0 Å². The van der Waals surface area contributed by atoms with Crippen LogP contribution in [-0.2, 0) is 0 Å². The molecule has 3 aromatic rings. The summed E-state index contributed by atoms with van der Waals surface area (Å²) in [6.45, 7) is 2.06. The number of rotatable bonds is 3. The van der Waals surface area contributed by atoms with Gasteiger partial charge in [0.15, 0.2) is 0 Å². The normalized spacial score (nSPS) is 12.8. The predicted molar refractivity (Wildman–Crippen MR) is 83.8 cm³/mol. The van der Waals surface area contributed by atoms with Crippen molar-refractivity contribution in [2.75, 3.05) is 7.05 Å². The molecular formula is C16H15BrN2O. The lowest BCUT2D eigenvalue weighted by atomic mass is 10.1. The first-order valence-corrected chi connectivity index (χ1v) is 7.26. The molecule has 0 radical (unpaired) electrons. The first kappa shape index (κ1) is 13.3. The van der Waals surface area contributed by atoms with Crippen molar-refractivity contribution < 1.29 is 4.42 Å². The van der Waals surface area contributed by atoms with Crippen LogP contribution in [0.1, 0.15) is 23.1 Å². The number of nitrogens with one attached hydrogen (secondary N) is 1. The molecule has 1 unspecified atom stereocenters. The van der Waals surface area contributed by atoms with Crippen molar-refractivity contribution >= 4 is 26.9 Å². The van der Waals surface area contributed by atoms with Crippen LogP contribution in [0.5, 0.6) is 0 Å². The van der Waals surface area contributed by atoms with Gasteiger partial charge in [0.25, 0.3) is 0 Å². The Bertz CT molecular complexity index is 734. The molecule has 3 nitrogen and oxygen atoms in total. The van der Waals surface area contributed by atoms with Crippen LogP contribution < -0.4 is 5.32 Å². The zero-order valence-electron chi connectivity index (χ0n) is 11.4. The van der Waals surface area contributed by atoms with Gasteiger partial charge in [-0.1, -0.05) is 18.2 Å². The molecule has 2 heterocycles. The summed E-state index contributed by atoms with van der Waals surface area (Å²) >= 11 is 3.40. The van der Waals surface area contributed by atoms with E-state index in [1.165, 1.54) is 0 Å². The van der Waals surface area contributed by atoms with E-state index in [-0.39, 0.29) is 6.04 Å². The minimum atomic E-state index is -0.0464. The molecule has 1 N–H and O–H groups in total. The van der Waals surface area contributed by atoms with E-state index >= 15 is 0 Å². The first-order chi connectivity index (χ1) is 9.69. The fraction of sp³-hybridized carbons (Fsp3) is 0.188. The van der Waals surface area contributed by atoms with E-state index in [0.29, 0.717) is 0 Å². The van der Waals surface area contributed by atoms with Crippen molar-refractivity contribution in [3.8, 4) is 0 Å². The van der Waals surface area contributed by atoms with E-state index in [9.17, 15) is 0 Å². The van der Waals surface area contributed by atoms with Crippen molar-refractivity contribution in [2.45, 2.75) is 13.0 Å². The molecule has 0 aliphatic heterocycles. The smallest absolute Gasteiger partial charge is 0.137 e. The maximum atomic E-state index is 6.02. The van der Waals surface area contributed by atoms with Gasteiger partial charge in [-0.05, 0) is 53.7 Å². The van der Waals surface area contributed by atoms with E-state index in [4.69, 9.17) is 4.42 Å². The molecule has 0 amide bonds. The summed E-state index contributed by atoms with van der Waals surface area (Å²) in [5, 5.41) is 4.39. The fourth-order valence-electron chi connectivity index (χ4n) is 2.36. The molecule has 0 fully saturated rings. The van der Waals surface area contributed by atoms with Gasteiger partial charge < -0.3 is 9.73 Å². The second-order valence-corrected chi connectivity index (χ2v) is 5.68. The van der Waals surface area contributed by atoms with Gasteiger partial charge in [0.1, 0.15) is 17.4 Å². The van der Waals surface area contributed by atoms with Crippen LogP contribution in [0, 0.1) is 6.92 Å². The molecule has 0 bridgehead atoms. The van der Waals surface area contributed by atoms with Crippen LogP contribution in [0.25, 0.3) is 11.0 Å². The highest BCUT2D eigenvalue weighted by molar-refractivity contribution is 9.10. The van der Waals surface area contributed by atoms with E-state index in [1.807, 2.05) is 25.2 Å². The quantitative estimate of drug-likeness (QED) is 0.781. The standard InChI is InChI=1S/C16H15BrN2O/c1-10-4-3-5-11-8-14(20-16(10)11)15(18-2)13-7-6-12(17)9-19-13/h3-9,15,18H,1-2H3. The summed E-state index contributed by atoms with van der Waals surface area (Å²) in [4.78, 5) is 4.45. The minimum absolute atomic E-state index is 0.0464. The Morgan fingerprint density at radius 1 is 1.25 bits per heavy atom. The summed E-state index contributed by atoms with van der Waals surface area (Å²) in [6.07, 6.45) is 1.80. The van der Waals surface area contributed by atoms with Crippen LogP contribution in [0.15, 0.2) is 51.5 Å². The number of nitrogens with zero attached hydrogens (tertiary/aromatic N) is 1. The summed E-state index contributed by atoms with van der Waals surface area (Å²) in [7, 11) is 1.91. The molecule has 1 atom stereocenters. The Kier molecular flexibility index (Phi) is 3.59. The molecule has 0 aliphatic rings. The van der Waals surface area contributed by atoms with Gasteiger partial charge in [0, 0.05) is 16.1 Å². The fourth-order valence-corrected chi connectivity index (χ4v) is 2.60. The molecule has 4 heteroatoms. The summed E-state index contributed by atoms with van der Waals surface area (Å²) < 4.78 is 6.99. The van der Waals surface area contributed by atoms with Gasteiger partial charge >= 0.3 is 0 Å². The third-order valence-corrected chi connectivity index (χ3v) is 3.85. The maximum absolute atomic E-state index is 6.02. The van der Waals surface area contributed by atoms with Crippen molar-refractivity contribution in [1.82, 2.24) is 10.3 Å². The highest BCUT2D eigenvalue weighted by Gasteiger charge is 2.18. The predicted octanol–water partition coefficient (Wildman–Crippen LogP) is 4.21. The Hall–Kier alpha value is -1.65. The molecule has 0 aliphatic carbocycles. The van der Waals surface area contributed by atoms with Crippen molar-refractivity contribution in [3.63, 3.8) is 0 Å². The number of furan rings is 1. The van der Waals surface area contributed by atoms with Crippen LogP contribution >= 0.6 is 15.9 Å². The summed E-state index contributed by atoms with van der Waals surface area (Å²) in [6, 6.07) is 12.2. The number of benzene rings is 1. The Balaban J connectivity index is 2.07. The van der Waals surface area contributed by atoms with Crippen LogP contribution in [-0.4, -0.2) is 12.0 Å². The number of halogens is 1. The van der Waals surface area contributed by atoms with E-state index < -0.39 is 0 Å². The second-order valence-electron chi connectivity index (χ2n) is 4.77. The number of aryl methyl sites for hydroxylation is 1. The van der Waals surface area contributed by atoms with Crippen molar-refractivity contribution in [1.29, 1.82) is 0 Å². The van der Waals surface area contributed by atoms with Crippen LogP contribution in [0.3, 0.4) is 0 Å². The zero-order valence-corrected chi connectivity index (χ0v) is 12.9. The maximum Gasteiger partial charge on any atom is 0.137 e. The molecule has 20 heavy (non-hydrogen) atoms. The summed E-state index contributed by atoms with van der Waals surface area (Å²) in [5.41, 5.74) is 3.03. The second kappa shape index (κ2) is 5.38. The first-order valence-electron chi connectivity index (χ1n) is 6.47. The van der Waals surface area contributed by atoms with Crippen molar-refractivity contribution in [3.05, 3.63) is 64.1 Å². The number of aromatic nitrogens is 1.